The van der Waals surface area contributed by atoms with Crippen molar-refractivity contribution in [2.24, 2.45) is 0 Å². The minimum absolute atomic E-state index is 0.0823. The Kier molecular flexibility index (Phi) is 3.62. The lowest BCUT2D eigenvalue weighted by atomic mass is 9.85. The van der Waals surface area contributed by atoms with Crippen LogP contribution in [0.3, 0.4) is 0 Å². The lowest BCUT2D eigenvalue weighted by Gasteiger charge is -2.33. The zero-order valence-corrected chi connectivity index (χ0v) is 13.2. The highest BCUT2D eigenvalue weighted by Gasteiger charge is 2.33. The summed E-state index contributed by atoms with van der Waals surface area (Å²) in [5.74, 6) is 1.10. The predicted molar refractivity (Wildman–Crippen MR) is 89.4 cm³/mol. The Hall–Kier alpha value is -1.81. The van der Waals surface area contributed by atoms with Gasteiger partial charge in [0.1, 0.15) is 0 Å². The Labute approximate surface area is 134 Å². The zero-order valence-electron chi connectivity index (χ0n) is 12.4. The van der Waals surface area contributed by atoms with Crippen molar-refractivity contribution in [2.75, 3.05) is 17.2 Å². The Bertz CT molecular complexity index is 656. The van der Waals surface area contributed by atoms with Gasteiger partial charge in [-0.05, 0) is 43.0 Å². The molecule has 0 spiro atoms. The molecular formula is C18H18N2OS. The average molecular weight is 310 g/mol. The number of nitrogens with zero attached hydrogens (tertiary/aromatic N) is 2. The molecule has 112 valence electrons. The van der Waals surface area contributed by atoms with Gasteiger partial charge in [0.25, 0.3) is 0 Å². The standard InChI is InChI=1S/C18H18N2OS/c21-18(14-7-3-5-13-6-4-10-19-17(13)14)20-11-12-22-16-9-2-1-8-15(16)20/h1-2,4,6,8-10,14H,3,5,7,11-12H2. The van der Waals surface area contributed by atoms with Gasteiger partial charge in [-0.2, -0.15) is 0 Å². The number of para-hydroxylation sites is 1. The molecule has 1 atom stereocenters. The number of carbonyl (C=O) groups is 1. The van der Waals surface area contributed by atoms with Crippen molar-refractivity contribution in [1.82, 2.24) is 4.98 Å². The first kappa shape index (κ1) is 13.8. The van der Waals surface area contributed by atoms with Crippen LogP contribution in [0.15, 0.2) is 47.5 Å². The van der Waals surface area contributed by atoms with E-state index in [2.05, 4.69) is 23.2 Å². The summed E-state index contributed by atoms with van der Waals surface area (Å²) in [4.78, 5) is 20.9. The number of benzene rings is 1. The molecule has 0 N–H and O–H groups in total. The molecule has 2 heterocycles. The van der Waals surface area contributed by atoms with Crippen molar-refractivity contribution in [1.29, 1.82) is 0 Å². The minimum Gasteiger partial charge on any atom is -0.310 e. The first-order valence-corrected chi connectivity index (χ1v) is 8.80. The summed E-state index contributed by atoms with van der Waals surface area (Å²) in [7, 11) is 0. The molecule has 1 aromatic heterocycles. The van der Waals surface area contributed by atoms with Gasteiger partial charge in [0.2, 0.25) is 5.91 Å². The number of hydrogen-bond acceptors (Lipinski definition) is 3. The van der Waals surface area contributed by atoms with Gasteiger partial charge in [-0.3, -0.25) is 9.78 Å². The van der Waals surface area contributed by atoms with Gasteiger partial charge in [-0.1, -0.05) is 18.2 Å². The molecule has 0 bridgehead atoms. The normalized spacial score (nSPS) is 20.2. The molecule has 1 aliphatic heterocycles. The van der Waals surface area contributed by atoms with Crippen LogP contribution in [-0.4, -0.2) is 23.2 Å². The van der Waals surface area contributed by atoms with E-state index in [1.54, 1.807) is 0 Å². The highest BCUT2D eigenvalue weighted by atomic mass is 32.2. The highest BCUT2D eigenvalue weighted by Crippen LogP contribution is 2.38. The van der Waals surface area contributed by atoms with Gasteiger partial charge in [-0.25, -0.2) is 0 Å². The third-order valence-electron chi connectivity index (χ3n) is 4.49. The highest BCUT2D eigenvalue weighted by molar-refractivity contribution is 7.99. The molecule has 1 aliphatic carbocycles. The molecule has 4 rings (SSSR count). The molecule has 22 heavy (non-hydrogen) atoms. The predicted octanol–water partition coefficient (Wildman–Crippen LogP) is 3.64. The fourth-order valence-corrected chi connectivity index (χ4v) is 4.43. The van der Waals surface area contributed by atoms with Crippen molar-refractivity contribution in [3.8, 4) is 0 Å². The van der Waals surface area contributed by atoms with E-state index in [-0.39, 0.29) is 11.8 Å². The number of aromatic nitrogens is 1. The number of hydrogen-bond donors (Lipinski definition) is 0. The summed E-state index contributed by atoms with van der Waals surface area (Å²) in [6.45, 7) is 0.791. The van der Waals surface area contributed by atoms with Gasteiger partial charge in [0.05, 0.1) is 17.3 Å². The molecule has 3 nitrogen and oxygen atoms in total. The lowest BCUT2D eigenvalue weighted by Crippen LogP contribution is -2.40. The summed E-state index contributed by atoms with van der Waals surface area (Å²) in [5, 5.41) is 0. The molecule has 2 aromatic rings. The van der Waals surface area contributed by atoms with Gasteiger partial charge >= 0.3 is 0 Å². The molecule has 1 unspecified atom stereocenters. The lowest BCUT2D eigenvalue weighted by molar-refractivity contribution is -0.120. The second kappa shape index (κ2) is 5.76. The van der Waals surface area contributed by atoms with Crippen LogP contribution in [0.4, 0.5) is 5.69 Å². The van der Waals surface area contributed by atoms with Gasteiger partial charge in [0.15, 0.2) is 0 Å². The quantitative estimate of drug-likeness (QED) is 0.806. The Morgan fingerprint density at radius 1 is 1.23 bits per heavy atom. The van der Waals surface area contributed by atoms with Crippen molar-refractivity contribution in [2.45, 2.75) is 30.1 Å². The van der Waals surface area contributed by atoms with Crippen LogP contribution in [0.25, 0.3) is 0 Å². The number of fused-ring (bicyclic) bond motifs is 2. The first-order valence-electron chi connectivity index (χ1n) is 7.81. The molecule has 0 fully saturated rings. The molecule has 0 saturated heterocycles. The molecule has 0 saturated carbocycles. The van der Waals surface area contributed by atoms with Crippen LogP contribution < -0.4 is 4.90 Å². The first-order chi connectivity index (χ1) is 10.8. The Balaban J connectivity index is 1.69. The summed E-state index contributed by atoms with van der Waals surface area (Å²) in [6, 6.07) is 12.3. The van der Waals surface area contributed by atoms with Crippen LogP contribution in [-0.2, 0) is 11.2 Å². The van der Waals surface area contributed by atoms with E-state index in [0.717, 1.165) is 42.9 Å². The van der Waals surface area contributed by atoms with Crippen LogP contribution in [0.5, 0.6) is 0 Å². The SMILES string of the molecule is O=C(C1CCCc2cccnc21)N1CCSc2ccccc21. The fourth-order valence-electron chi connectivity index (χ4n) is 3.44. The summed E-state index contributed by atoms with van der Waals surface area (Å²) in [6.07, 6.45) is 4.83. The maximum absolute atomic E-state index is 13.2. The van der Waals surface area contributed by atoms with Crippen LogP contribution in [0.2, 0.25) is 0 Å². The van der Waals surface area contributed by atoms with E-state index in [4.69, 9.17) is 0 Å². The van der Waals surface area contributed by atoms with E-state index >= 15 is 0 Å². The number of carbonyl (C=O) groups excluding carboxylic acids is 1. The molecule has 0 radical (unpaired) electrons. The number of amides is 1. The maximum Gasteiger partial charge on any atom is 0.236 e. The van der Waals surface area contributed by atoms with E-state index in [1.165, 1.54) is 10.5 Å². The summed E-state index contributed by atoms with van der Waals surface area (Å²) < 4.78 is 0. The summed E-state index contributed by atoms with van der Waals surface area (Å²) >= 11 is 1.83. The van der Waals surface area contributed by atoms with Crippen molar-refractivity contribution in [3.05, 3.63) is 53.9 Å². The third-order valence-corrected chi connectivity index (χ3v) is 5.53. The van der Waals surface area contributed by atoms with E-state index in [1.807, 2.05) is 41.1 Å². The van der Waals surface area contributed by atoms with Gasteiger partial charge in [0, 0.05) is 23.4 Å². The average Bonchev–Trinajstić information content (AvgIpc) is 2.60. The molecule has 1 amide bonds. The number of anilines is 1. The number of thioether (sulfide) groups is 1. The van der Waals surface area contributed by atoms with Gasteiger partial charge < -0.3 is 4.90 Å². The maximum atomic E-state index is 13.2. The minimum atomic E-state index is -0.0823. The number of aryl methyl sites for hydroxylation is 1. The smallest absolute Gasteiger partial charge is 0.236 e. The van der Waals surface area contributed by atoms with Crippen molar-refractivity contribution in [3.63, 3.8) is 0 Å². The van der Waals surface area contributed by atoms with Crippen molar-refractivity contribution < 1.29 is 4.79 Å². The van der Waals surface area contributed by atoms with Crippen LogP contribution in [0, 0.1) is 0 Å². The number of pyridine rings is 1. The zero-order chi connectivity index (χ0) is 14.9. The van der Waals surface area contributed by atoms with Crippen molar-refractivity contribution >= 4 is 23.4 Å². The van der Waals surface area contributed by atoms with Crippen LogP contribution >= 0.6 is 11.8 Å². The van der Waals surface area contributed by atoms with Gasteiger partial charge in [-0.15, -0.1) is 11.8 Å². The topological polar surface area (TPSA) is 33.2 Å². The molecule has 1 aromatic carbocycles. The van der Waals surface area contributed by atoms with E-state index < -0.39 is 0 Å². The Morgan fingerprint density at radius 2 is 2.14 bits per heavy atom. The molecular weight excluding hydrogens is 292 g/mol. The Morgan fingerprint density at radius 3 is 3.09 bits per heavy atom. The summed E-state index contributed by atoms with van der Waals surface area (Å²) in [5.41, 5.74) is 3.30. The second-order valence-corrected chi connectivity index (χ2v) is 6.94. The number of rotatable bonds is 1. The van der Waals surface area contributed by atoms with E-state index in [9.17, 15) is 4.79 Å². The van der Waals surface area contributed by atoms with E-state index in [0.29, 0.717) is 0 Å². The second-order valence-electron chi connectivity index (χ2n) is 5.80. The van der Waals surface area contributed by atoms with Crippen LogP contribution in [0.1, 0.15) is 30.0 Å². The largest absolute Gasteiger partial charge is 0.310 e. The monoisotopic (exact) mass is 310 g/mol. The molecule has 4 heteroatoms. The fraction of sp³-hybridized carbons (Fsp3) is 0.333. The third kappa shape index (κ3) is 2.31. The molecule has 2 aliphatic rings.